The van der Waals surface area contributed by atoms with E-state index in [1.54, 1.807) is 18.2 Å². The highest BCUT2D eigenvalue weighted by molar-refractivity contribution is 5.44. The van der Waals surface area contributed by atoms with Crippen LogP contribution in [0.3, 0.4) is 0 Å². The molecule has 1 N–H and O–H groups in total. The second kappa shape index (κ2) is 6.37. The monoisotopic (exact) mass is 287 g/mol. The first-order valence-corrected chi connectivity index (χ1v) is 6.59. The molecule has 0 radical (unpaired) electrons. The molecule has 0 atom stereocenters. The molecular formula is C16H17NO4. The Kier molecular flexibility index (Phi) is 4.55. The Labute approximate surface area is 123 Å². The van der Waals surface area contributed by atoms with E-state index in [9.17, 15) is 10.1 Å². The van der Waals surface area contributed by atoms with Gasteiger partial charge in [0.05, 0.1) is 17.1 Å². The average molecular weight is 287 g/mol. The normalized spacial score (nSPS) is 10.4. The number of nitro benzene ring substituents is 1. The van der Waals surface area contributed by atoms with Crippen molar-refractivity contribution in [1.29, 1.82) is 0 Å². The minimum absolute atomic E-state index is 0.0217. The van der Waals surface area contributed by atoms with Gasteiger partial charge in [0, 0.05) is 6.07 Å². The molecule has 0 saturated heterocycles. The van der Waals surface area contributed by atoms with Gasteiger partial charge in [-0.25, -0.2) is 0 Å². The topological polar surface area (TPSA) is 72.6 Å². The number of rotatable bonds is 5. The summed E-state index contributed by atoms with van der Waals surface area (Å²) in [5, 5.41) is 20.1. The van der Waals surface area contributed by atoms with E-state index in [-0.39, 0.29) is 18.9 Å². The number of nitrogens with zero attached hydrogens (tertiary/aromatic N) is 1. The van der Waals surface area contributed by atoms with E-state index in [0.29, 0.717) is 11.3 Å². The van der Waals surface area contributed by atoms with Crippen LogP contribution in [-0.2, 0) is 13.2 Å². The molecule has 5 nitrogen and oxygen atoms in total. The SMILES string of the molecule is Cc1cc(CO)cc(C)c1OCc1ccccc1[N+](=O)[O-]. The largest absolute Gasteiger partial charge is 0.488 e. The van der Waals surface area contributed by atoms with Crippen molar-refractivity contribution in [3.8, 4) is 5.75 Å². The van der Waals surface area contributed by atoms with Crippen LogP contribution in [0.2, 0.25) is 0 Å². The van der Waals surface area contributed by atoms with Gasteiger partial charge in [0.2, 0.25) is 0 Å². The number of benzene rings is 2. The maximum Gasteiger partial charge on any atom is 0.276 e. The van der Waals surface area contributed by atoms with Crippen LogP contribution in [-0.4, -0.2) is 10.0 Å². The third-order valence-corrected chi connectivity index (χ3v) is 3.26. The Morgan fingerprint density at radius 3 is 2.38 bits per heavy atom. The molecular weight excluding hydrogens is 270 g/mol. The number of hydrogen-bond donors (Lipinski definition) is 1. The van der Waals surface area contributed by atoms with Crippen LogP contribution in [0.5, 0.6) is 5.75 Å². The van der Waals surface area contributed by atoms with Gasteiger partial charge in [-0.3, -0.25) is 10.1 Å². The fourth-order valence-electron chi connectivity index (χ4n) is 2.32. The highest BCUT2D eigenvalue weighted by atomic mass is 16.6. The molecule has 0 bridgehead atoms. The third-order valence-electron chi connectivity index (χ3n) is 3.26. The van der Waals surface area contributed by atoms with Crippen molar-refractivity contribution in [1.82, 2.24) is 0 Å². The summed E-state index contributed by atoms with van der Waals surface area (Å²) < 4.78 is 5.76. The standard InChI is InChI=1S/C16H17NO4/c1-11-7-13(9-18)8-12(2)16(11)21-10-14-5-3-4-6-15(14)17(19)20/h3-8,18H,9-10H2,1-2H3. The number of ether oxygens (including phenoxy) is 1. The summed E-state index contributed by atoms with van der Waals surface area (Å²) in [6, 6.07) is 10.2. The highest BCUT2D eigenvalue weighted by Crippen LogP contribution is 2.27. The molecule has 0 aliphatic rings. The molecule has 0 spiro atoms. The molecule has 21 heavy (non-hydrogen) atoms. The van der Waals surface area contributed by atoms with E-state index in [4.69, 9.17) is 9.84 Å². The number of aliphatic hydroxyl groups excluding tert-OH is 1. The number of nitro groups is 1. The van der Waals surface area contributed by atoms with E-state index in [1.165, 1.54) is 6.07 Å². The third kappa shape index (κ3) is 3.38. The summed E-state index contributed by atoms with van der Waals surface area (Å²) >= 11 is 0. The van der Waals surface area contributed by atoms with Gasteiger partial charge in [0.15, 0.2) is 0 Å². The summed E-state index contributed by atoms with van der Waals surface area (Å²) in [5.41, 5.74) is 3.21. The molecule has 0 saturated carbocycles. The molecule has 0 amide bonds. The van der Waals surface area contributed by atoms with Gasteiger partial charge in [0.25, 0.3) is 5.69 Å². The lowest BCUT2D eigenvalue weighted by Gasteiger charge is -2.13. The molecule has 2 aromatic rings. The Morgan fingerprint density at radius 1 is 1.19 bits per heavy atom. The van der Waals surface area contributed by atoms with Crippen molar-refractivity contribution in [3.05, 3.63) is 68.8 Å². The predicted octanol–water partition coefficient (Wildman–Crippen LogP) is 3.28. The lowest BCUT2D eigenvalue weighted by molar-refractivity contribution is -0.385. The lowest BCUT2D eigenvalue weighted by atomic mass is 10.1. The van der Waals surface area contributed by atoms with Crippen LogP contribution in [0.1, 0.15) is 22.3 Å². The van der Waals surface area contributed by atoms with Gasteiger partial charge in [0.1, 0.15) is 12.4 Å². The minimum Gasteiger partial charge on any atom is -0.488 e. The van der Waals surface area contributed by atoms with E-state index >= 15 is 0 Å². The fraction of sp³-hybridized carbons (Fsp3) is 0.250. The van der Waals surface area contributed by atoms with Crippen LogP contribution in [0.4, 0.5) is 5.69 Å². The highest BCUT2D eigenvalue weighted by Gasteiger charge is 2.14. The van der Waals surface area contributed by atoms with Gasteiger partial charge in [-0.15, -0.1) is 0 Å². The minimum atomic E-state index is -0.409. The van der Waals surface area contributed by atoms with Crippen molar-refractivity contribution in [3.63, 3.8) is 0 Å². The summed E-state index contributed by atoms with van der Waals surface area (Å²) in [6.45, 7) is 3.89. The summed E-state index contributed by atoms with van der Waals surface area (Å²) in [5.74, 6) is 0.699. The van der Waals surface area contributed by atoms with E-state index < -0.39 is 4.92 Å². The smallest absolute Gasteiger partial charge is 0.276 e. The zero-order valence-electron chi connectivity index (χ0n) is 12.0. The van der Waals surface area contributed by atoms with Crippen LogP contribution in [0.15, 0.2) is 36.4 Å². The van der Waals surface area contributed by atoms with Gasteiger partial charge in [-0.1, -0.05) is 24.3 Å². The van der Waals surface area contributed by atoms with Gasteiger partial charge in [-0.05, 0) is 36.6 Å². The number of para-hydroxylation sites is 1. The summed E-state index contributed by atoms with van der Waals surface area (Å²) in [6.07, 6.45) is 0. The molecule has 2 aromatic carbocycles. The molecule has 0 aromatic heterocycles. The quantitative estimate of drug-likeness (QED) is 0.676. The van der Waals surface area contributed by atoms with Gasteiger partial charge < -0.3 is 9.84 Å². The molecule has 110 valence electrons. The molecule has 2 rings (SSSR count). The zero-order valence-corrected chi connectivity index (χ0v) is 12.0. The first-order chi connectivity index (χ1) is 10.0. The van der Waals surface area contributed by atoms with Crippen molar-refractivity contribution >= 4 is 5.69 Å². The second-order valence-corrected chi connectivity index (χ2v) is 4.89. The Morgan fingerprint density at radius 2 is 1.81 bits per heavy atom. The van der Waals surface area contributed by atoms with Crippen molar-refractivity contribution in [2.45, 2.75) is 27.1 Å². The number of hydrogen-bond acceptors (Lipinski definition) is 4. The van der Waals surface area contributed by atoms with Crippen molar-refractivity contribution < 1.29 is 14.8 Å². The van der Waals surface area contributed by atoms with Gasteiger partial charge >= 0.3 is 0 Å². The predicted molar refractivity (Wildman–Crippen MR) is 79.3 cm³/mol. The summed E-state index contributed by atoms with van der Waals surface area (Å²) in [4.78, 5) is 10.6. The Bertz CT molecular complexity index is 644. The van der Waals surface area contributed by atoms with Crippen LogP contribution < -0.4 is 4.74 Å². The zero-order chi connectivity index (χ0) is 15.4. The van der Waals surface area contributed by atoms with Gasteiger partial charge in [-0.2, -0.15) is 0 Å². The second-order valence-electron chi connectivity index (χ2n) is 4.89. The van der Waals surface area contributed by atoms with E-state index in [0.717, 1.165) is 16.7 Å². The molecule has 0 unspecified atom stereocenters. The Balaban J connectivity index is 2.23. The molecule has 0 aliphatic heterocycles. The Hall–Kier alpha value is -2.40. The molecule has 0 aliphatic carbocycles. The first kappa shape index (κ1) is 15.0. The van der Waals surface area contributed by atoms with Crippen LogP contribution in [0.25, 0.3) is 0 Å². The lowest BCUT2D eigenvalue weighted by Crippen LogP contribution is -2.03. The number of aryl methyl sites for hydroxylation is 2. The van der Waals surface area contributed by atoms with Crippen LogP contribution >= 0.6 is 0 Å². The van der Waals surface area contributed by atoms with Crippen molar-refractivity contribution in [2.24, 2.45) is 0 Å². The maximum absolute atomic E-state index is 11.0. The van der Waals surface area contributed by atoms with E-state index in [2.05, 4.69) is 0 Å². The maximum atomic E-state index is 11.0. The first-order valence-electron chi connectivity index (χ1n) is 6.59. The van der Waals surface area contributed by atoms with E-state index in [1.807, 2.05) is 26.0 Å². The fourth-order valence-corrected chi connectivity index (χ4v) is 2.32. The summed E-state index contributed by atoms with van der Waals surface area (Å²) in [7, 11) is 0. The van der Waals surface area contributed by atoms with Crippen LogP contribution in [0, 0.1) is 24.0 Å². The molecule has 5 heteroatoms. The number of aliphatic hydroxyl groups is 1. The molecule has 0 heterocycles. The molecule has 0 fully saturated rings. The van der Waals surface area contributed by atoms with Crippen molar-refractivity contribution in [2.75, 3.05) is 0 Å². The average Bonchev–Trinajstić information content (AvgIpc) is 2.46.